The first-order valence-corrected chi connectivity index (χ1v) is 7.09. The summed E-state index contributed by atoms with van der Waals surface area (Å²) in [5.41, 5.74) is 1.29. The molecular formula is C12H21IO2. The van der Waals surface area contributed by atoms with E-state index in [2.05, 4.69) is 36.1 Å². The van der Waals surface area contributed by atoms with Gasteiger partial charge in [0.05, 0.1) is 13.2 Å². The van der Waals surface area contributed by atoms with E-state index in [1.165, 1.54) is 16.4 Å². The Bertz CT molecular complexity index is 210. The number of hydrogen-bond acceptors (Lipinski definition) is 2. The quantitative estimate of drug-likeness (QED) is 0.423. The molecule has 0 aromatic carbocycles. The van der Waals surface area contributed by atoms with E-state index in [1.54, 1.807) is 0 Å². The maximum absolute atomic E-state index is 5.59. The molecule has 0 bridgehead atoms. The summed E-state index contributed by atoms with van der Waals surface area (Å²) in [6.07, 6.45) is 3.31. The molecule has 0 N–H and O–H groups in total. The number of hydrogen-bond donors (Lipinski definition) is 0. The molecule has 0 spiro atoms. The number of ether oxygens (including phenoxy) is 2. The Kier molecular flexibility index (Phi) is 5.57. The summed E-state index contributed by atoms with van der Waals surface area (Å²) in [6.45, 7) is 9.69. The van der Waals surface area contributed by atoms with E-state index in [0.29, 0.717) is 5.92 Å². The monoisotopic (exact) mass is 324 g/mol. The summed E-state index contributed by atoms with van der Waals surface area (Å²) in [6, 6.07) is 0. The molecule has 0 amide bonds. The van der Waals surface area contributed by atoms with E-state index in [1.807, 2.05) is 6.92 Å². The van der Waals surface area contributed by atoms with Gasteiger partial charge in [-0.15, -0.1) is 0 Å². The minimum absolute atomic E-state index is 0.334. The van der Waals surface area contributed by atoms with Crippen LogP contribution in [0.1, 0.15) is 33.1 Å². The van der Waals surface area contributed by atoms with Crippen LogP contribution < -0.4 is 0 Å². The third kappa shape index (κ3) is 4.41. The second-order valence-corrected chi connectivity index (χ2v) is 5.47. The number of halogens is 1. The maximum Gasteiger partial charge on any atom is 0.165 e. The van der Waals surface area contributed by atoms with Crippen molar-refractivity contribution in [2.24, 2.45) is 5.92 Å². The largest absolute Gasteiger partial charge is 0.348 e. The first-order chi connectivity index (χ1) is 7.07. The first kappa shape index (κ1) is 13.5. The SMILES string of the molecule is C=C(C)[C@@H](CCI)CCC1(C)OCCO1. The third-order valence-corrected chi connectivity index (χ3v) is 3.62. The van der Waals surface area contributed by atoms with Gasteiger partial charge in [-0.2, -0.15) is 0 Å². The molecule has 2 nitrogen and oxygen atoms in total. The molecule has 0 saturated carbocycles. The average Bonchev–Trinajstić information content (AvgIpc) is 2.60. The first-order valence-electron chi connectivity index (χ1n) is 5.57. The predicted octanol–water partition coefficient (Wildman–Crippen LogP) is 3.55. The Morgan fingerprint density at radius 3 is 2.47 bits per heavy atom. The van der Waals surface area contributed by atoms with Crippen molar-refractivity contribution < 1.29 is 9.47 Å². The van der Waals surface area contributed by atoms with Gasteiger partial charge < -0.3 is 9.47 Å². The fraction of sp³-hybridized carbons (Fsp3) is 0.833. The van der Waals surface area contributed by atoms with Crippen molar-refractivity contribution >= 4 is 22.6 Å². The van der Waals surface area contributed by atoms with E-state index in [4.69, 9.17) is 9.47 Å². The molecule has 0 aromatic heterocycles. The van der Waals surface area contributed by atoms with Gasteiger partial charge in [0, 0.05) is 10.8 Å². The average molecular weight is 324 g/mol. The fourth-order valence-corrected chi connectivity index (χ4v) is 2.66. The number of alkyl halides is 1. The molecule has 1 aliphatic rings. The number of rotatable bonds is 6. The van der Waals surface area contributed by atoms with E-state index in [9.17, 15) is 0 Å². The van der Waals surface area contributed by atoms with E-state index in [0.717, 1.165) is 26.1 Å². The highest BCUT2D eigenvalue weighted by Crippen LogP contribution is 2.29. The highest BCUT2D eigenvalue weighted by Gasteiger charge is 2.31. The Hall–Kier alpha value is 0.390. The molecule has 0 aromatic rings. The van der Waals surface area contributed by atoms with Gasteiger partial charge in [-0.3, -0.25) is 0 Å². The maximum atomic E-state index is 5.59. The van der Waals surface area contributed by atoms with Gasteiger partial charge in [0.1, 0.15) is 0 Å². The highest BCUT2D eigenvalue weighted by atomic mass is 127. The Morgan fingerprint density at radius 1 is 1.40 bits per heavy atom. The molecule has 15 heavy (non-hydrogen) atoms. The van der Waals surface area contributed by atoms with E-state index in [-0.39, 0.29) is 5.79 Å². The molecule has 0 unspecified atom stereocenters. The van der Waals surface area contributed by atoms with Crippen molar-refractivity contribution in [3.63, 3.8) is 0 Å². The molecule has 88 valence electrons. The zero-order valence-corrected chi connectivity index (χ0v) is 11.9. The second-order valence-electron chi connectivity index (χ2n) is 4.39. The zero-order valence-electron chi connectivity index (χ0n) is 9.72. The standard InChI is InChI=1S/C12H21IO2/c1-10(2)11(5-7-13)4-6-12(3)14-8-9-15-12/h11H,1,4-9H2,2-3H3/t11-/m1/s1. The zero-order chi connectivity index (χ0) is 11.3. The minimum atomic E-state index is -0.334. The molecule has 1 heterocycles. The van der Waals surface area contributed by atoms with Crippen LogP contribution >= 0.6 is 22.6 Å². The van der Waals surface area contributed by atoms with Crippen LogP contribution in [0.25, 0.3) is 0 Å². The van der Waals surface area contributed by atoms with Crippen LogP contribution in [-0.4, -0.2) is 23.4 Å². The fourth-order valence-electron chi connectivity index (χ4n) is 1.91. The summed E-state index contributed by atoms with van der Waals surface area (Å²) in [5, 5.41) is 0. The molecule has 1 rings (SSSR count). The van der Waals surface area contributed by atoms with Gasteiger partial charge in [-0.25, -0.2) is 0 Å². The van der Waals surface area contributed by atoms with E-state index >= 15 is 0 Å². The molecular weight excluding hydrogens is 303 g/mol. The topological polar surface area (TPSA) is 18.5 Å². The van der Waals surface area contributed by atoms with Gasteiger partial charge in [0.25, 0.3) is 0 Å². The summed E-state index contributed by atoms with van der Waals surface area (Å²) >= 11 is 2.42. The highest BCUT2D eigenvalue weighted by molar-refractivity contribution is 14.1. The van der Waals surface area contributed by atoms with Crippen LogP contribution in [0, 0.1) is 5.92 Å². The summed E-state index contributed by atoms with van der Waals surface area (Å²) in [4.78, 5) is 0. The lowest BCUT2D eigenvalue weighted by Crippen LogP contribution is -2.26. The van der Waals surface area contributed by atoms with Gasteiger partial charge in [0.2, 0.25) is 0 Å². The van der Waals surface area contributed by atoms with Gasteiger partial charge >= 0.3 is 0 Å². The molecule has 1 aliphatic heterocycles. The molecule has 0 radical (unpaired) electrons. The van der Waals surface area contributed by atoms with Crippen LogP contribution in [0.5, 0.6) is 0 Å². The third-order valence-electron chi connectivity index (χ3n) is 3.00. The second kappa shape index (κ2) is 6.21. The molecule has 1 atom stereocenters. The predicted molar refractivity (Wildman–Crippen MR) is 71.4 cm³/mol. The summed E-state index contributed by atoms with van der Waals surface area (Å²) in [7, 11) is 0. The van der Waals surface area contributed by atoms with Gasteiger partial charge in [-0.05, 0) is 32.6 Å². The van der Waals surface area contributed by atoms with Gasteiger partial charge in [0.15, 0.2) is 5.79 Å². The van der Waals surface area contributed by atoms with Crippen molar-refractivity contribution in [1.82, 2.24) is 0 Å². The van der Waals surface area contributed by atoms with Crippen LogP contribution in [0.3, 0.4) is 0 Å². The lowest BCUT2D eigenvalue weighted by atomic mass is 9.92. The van der Waals surface area contributed by atoms with Crippen molar-refractivity contribution in [1.29, 1.82) is 0 Å². The van der Waals surface area contributed by atoms with Crippen LogP contribution in [0.4, 0.5) is 0 Å². The molecule has 1 saturated heterocycles. The van der Waals surface area contributed by atoms with Crippen molar-refractivity contribution in [3.8, 4) is 0 Å². The van der Waals surface area contributed by atoms with Crippen molar-refractivity contribution in [2.45, 2.75) is 38.9 Å². The Labute approximate surface area is 107 Å². The van der Waals surface area contributed by atoms with Crippen molar-refractivity contribution in [3.05, 3.63) is 12.2 Å². The summed E-state index contributed by atoms with van der Waals surface area (Å²) < 4.78 is 12.4. The van der Waals surface area contributed by atoms with Crippen LogP contribution in [0.15, 0.2) is 12.2 Å². The molecule has 1 fully saturated rings. The minimum Gasteiger partial charge on any atom is -0.348 e. The van der Waals surface area contributed by atoms with Crippen LogP contribution in [-0.2, 0) is 9.47 Å². The van der Waals surface area contributed by atoms with E-state index < -0.39 is 0 Å². The lowest BCUT2D eigenvalue weighted by Gasteiger charge is -2.25. The van der Waals surface area contributed by atoms with Gasteiger partial charge in [-0.1, -0.05) is 34.7 Å². The van der Waals surface area contributed by atoms with Crippen molar-refractivity contribution in [2.75, 3.05) is 17.6 Å². The van der Waals surface area contributed by atoms with Crippen LogP contribution in [0.2, 0.25) is 0 Å². The summed E-state index contributed by atoms with van der Waals surface area (Å²) in [5.74, 6) is 0.283. The number of allylic oxidation sites excluding steroid dienone is 1. The Balaban J connectivity index is 2.35. The Morgan fingerprint density at radius 2 is 2.00 bits per heavy atom. The molecule has 3 heteroatoms. The molecule has 0 aliphatic carbocycles. The lowest BCUT2D eigenvalue weighted by molar-refractivity contribution is -0.148. The smallest absolute Gasteiger partial charge is 0.165 e. The normalized spacial score (nSPS) is 21.5.